The van der Waals surface area contributed by atoms with Gasteiger partial charge < -0.3 is 5.32 Å². The molecule has 3 amide bonds. The van der Waals surface area contributed by atoms with E-state index in [-0.39, 0.29) is 41.6 Å². The van der Waals surface area contributed by atoms with Crippen molar-refractivity contribution in [1.29, 1.82) is 0 Å². The number of aromatic nitrogens is 3. The van der Waals surface area contributed by atoms with Gasteiger partial charge in [0.2, 0.25) is 17.0 Å². The molecule has 3 rings (SSSR count). The molecule has 0 aliphatic carbocycles. The summed E-state index contributed by atoms with van der Waals surface area (Å²) in [5.41, 5.74) is 0.898. The van der Waals surface area contributed by atoms with E-state index in [0.717, 1.165) is 26.7 Å². The Morgan fingerprint density at radius 1 is 1.35 bits per heavy atom. The fourth-order valence-corrected chi connectivity index (χ4v) is 3.78. The number of carbonyl (C=O) groups is 3. The number of rotatable bonds is 7. The maximum atomic E-state index is 11.9. The molecular formula is C15H14BrN5O3S2. The molecule has 0 atom stereocenters. The molecule has 1 aromatic heterocycles. The van der Waals surface area contributed by atoms with Crippen LogP contribution in [0.2, 0.25) is 0 Å². The van der Waals surface area contributed by atoms with Crippen LogP contribution in [0.1, 0.15) is 0 Å². The van der Waals surface area contributed by atoms with E-state index in [1.807, 2.05) is 24.3 Å². The molecule has 1 saturated heterocycles. The standard InChI is InChI=1S/C15H14BrN5O3S2/c16-10-3-1-9(2-4-10)13-18-14(20-19-13)25-7-11(22)17-5-6-21-12(23)8-26-15(21)24/h1-4H,5-8H2,(H,17,22)(H,18,19,20). The van der Waals surface area contributed by atoms with Crippen LogP contribution < -0.4 is 5.32 Å². The Balaban J connectivity index is 1.42. The minimum atomic E-state index is -0.264. The Morgan fingerprint density at radius 3 is 2.81 bits per heavy atom. The third-order valence-corrected chi connectivity index (χ3v) is 5.65. The van der Waals surface area contributed by atoms with Gasteiger partial charge in [-0.1, -0.05) is 51.6 Å². The van der Waals surface area contributed by atoms with Crippen LogP contribution in [0, 0.1) is 0 Å². The quantitative estimate of drug-likeness (QED) is 0.615. The second-order valence-electron chi connectivity index (χ2n) is 5.21. The minimum absolute atomic E-state index is 0.147. The van der Waals surface area contributed by atoms with E-state index in [1.54, 1.807) is 0 Å². The third-order valence-electron chi connectivity index (χ3n) is 3.41. The molecule has 2 aromatic rings. The number of nitrogens with zero attached hydrogens (tertiary/aromatic N) is 3. The average molecular weight is 456 g/mol. The van der Waals surface area contributed by atoms with Gasteiger partial charge in [0.05, 0.1) is 11.5 Å². The normalized spacial score (nSPS) is 14.1. The van der Waals surface area contributed by atoms with Crippen LogP contribution in [0.5, 0.6) is 0 Å². The highest BCUT2D eigenvalue weighted by atomic mass is 79.9. The summed E-state index contributed by atoms with van der Waals surface area (Å²) >= 11 is 5.56. The molecule has 1 fully saturated rings. The van der Waals surface area contributed by atoms with Crippen molar-refractivity contribution in [2.24, 2.45) is 0 Å². The Labute approximate surface area is 166 Å². The molecule has 26 heavy (non-hydrogen) atoms. The minimum Gasteiger partial charge on any atom is -0.354 e. The first kappa shape index (κ1) is 18.9. The molecule has 0 unspecified atom stereocenters. The van der Waals surface area contributed by atoms with Gasteiger partial charge in [-0.05, 0) is 12.1 Å². The molecule has 2 heterocycles. The van der Waals surface area contributed by atoms with Gasteiger partial charge in [0.1, 0.15) is 0 Å². The topological polar surface area (TPSA) is 108 Å². The number of amides is 3. The Morgan fingerprint density at radius 2 is 2.12 bits per heavy atom. The molecule has 1 aliphatic heterocycles. The van der Waals surface area contributed by atoms with Crippen molar-refractivity contribution < 1.29 is 14.4 Å². The molecular weight excluding hydrogens is 442 g/mol. The van der Waals surface area contributed by atoms with Crippen LogP contribution in [-0.2, 0) is 9.59 Å². The molecule has 11 heteroatoms. The molecule has 0 spiro atoms. The first-order valence-corrected chi connectivity index (χ1v) is 10.3. The highest BCUT2D eigenvalue weighted by molar-refractivity contribution is 9.10. The monoisotopic (exact) mass is 455 g/mol. The van der Waals surface area contributed by atoms with Crippen LogP contribution in [0.25, 0.3) is 11.4 Å². The fourth-order valence-electron chi connectivity index (χ4n) is 2.13. The second-order valence-corrected chi connectivity index (χ2v) is 8.00. The predicted molar refractivity (Wildman–Crippen MR) is 103 cm³/mol. The highest BCUT2D eigenvalue weighted by Crippen LogP contribution is 2.21. The van der Waals surface area contributed by atoms with Gasteiger partial charge >= 0.3 is 0 Å². The van der Waals surface area contributed by atoms with Crippen molar-refractivity contribution in [3.8, 4) is 11.4 Å². The largest absolute Gasteiger partial charge is 0.354 e. The van der Waals surface area contributed by atoms with Crippen molar-refractivity contribution >= 4 is 56.5 Å². The molecule has 0 saturated carbocycles. The number of hydrogen-bond acceptors (Lipinski definition) is 7. The molecule has 0 bridgehead atoms. The van der Waals surface area contributed by atoms with E-state index in [2.05, 4.69) is 36.4 Å². The zero-order valence-corrected chi connectivity index (χ0v) is 16.6. The zero-order valence-electron chi connectivity index (χ0n) is 13.4. The van der Waals surface area contributed by atoms with Gasteiger partial charge in [-0.3, -0.25) is 24.4 Å². The lowest BCUT2D eigenvalue weighted by Crippen LogP contribution is -2.38. The lowest BCUT2D eigenvalue weighted by Gasteiger charge is -2.12. The summed E-state index contributed by atoms with van der Waals surface area (Å²) in [6.45, 7) is 0.422. The van der Waals surface area contributed by atoms with Crippen molar-refractivity contribution in [3.05, 3.63) is 28.7 Å². The van der Waals surface area contributed by atoms with Gasteiger partial charge in [0.15, 0.2) is 5.82 Å². The second kappa shape index (κ2) is 8.69. The predicted octanol–water partition coefficient (Wildman–Crippen LogP) is 2.14. The van der Waals surface area contributed by atoms with Gasteiger partial charge in [0, 0.05) is 23.1 Å². The summed E-state index contributed by atoms with van der Waals surface area (Å²) in [6.07, 6.45) is 0. The van der Waals surface area contributed by atoms with Gasteiger partial charge in [-0.2, -0.15) is 0 Å². The van der Waals surface area contributed by atoms with Crippen LogP contribution in [0.15, 0.2) is 33.9 Å². The fraction of sp³-hybridized carbons (Fsp3) is 0.267. The van der Waals surface area contributed by atoms with E-state index in [4.69, 9.17) is 0 Å². The van der Waals surface area contributed by atoms with E-state index >= 15 is 0 Å². The zero-order chi connectivity index (χ0) is 18.5. The summed E-state index contributed by atoms with van der Waals surface area (Å²) in [6, 6.07) is 7.63. The number of aromatic amines is 1. The Kier molecular flexibility index (Phi) is 6.33. The van der Waals surface area contributed by atoms with E-state index < -0.39 is 0 Å². The molecule has 8 nitrogen and oxygen atoms in total. The van der Waals surface area contributed by atoms with Crippen LogP contribution in [0.3, 0.4) is 0 Å². The van der Waals surface area contributed by atoms with Gasteiger partial charge in [0.25, 0.3) is 5.24 Å². The Hall–Kier alpha value is -1.85. The average Bonchev–Trinajstić information content (AvgIpc) is 3.22. The third kappa shape index (κ3) is 4.86. The van der Waals surface area contributed by atoms with Crippen LogP contribution >= 0.6 is 39.5 Å². The maximum Gasteiger partial charge on any atom is 0.288 e. The number of H-pyrrole nitrogens is 1. The van der Waals surface area contributed by atoms with Crippen molar-refractivity contribution in [3.63, 3.8) is 0 Å². The van der Waals surface area contributed by atoms with Crippen LogP contribution in [0.4, 0.5) is 4.79 Å². The van der Waals surface area contributed by atoms with E-state index in [9.17, 15) is 14.4 Å². The van der Waals surface area contributed by atoms with Crippen molar-refractivity contribution in [1.82, 2.24) is 25.4 Å². The number of thioether (sulfide) groups is 2. The first-order valence-electron chi connectivity index (χ1n) is 7.58. The molecule has 2 N–H and O–H groups in total. The number of imide groups is 1. The van der Waals surface area contributed by atoms with Gasteiger partial charge in [-0.15, -0.1) is 5.10 Å². The van der Waals surface area contributed by atoms with E-state index in [1.165, 1.54) is 11.8 Å². The summed E-state index contributed by atoms with van der Waals surface area (Å²) < 4.78 is 0.975. The highest BCUT2D eigenvalue weighted by Gasteiger charge is 2.29. The Bertz CT molecular complexity index is 811. The molecule has 136 valence electrons. The molecule has 1 aromatic carbocycles. The first-order chi connectivity index (χ1) is 12.5. The molecule has 1 aliphatic rings. The lowest BCUT2D eigenvalue weighted by atomic mass is 10.2. The summed E-state index contributed by atoms with van der Waals surface area (Å²) in [5, 5.41) is 9.81. The lowest BCUT2D eigenvalue weighted by molar-refractivity contribution is -0.125. The molecule has 0 radical (unpaired) electrons. The number of nitrogens with one attached hydrogen (secondary N) is 2. The number of halogens is 1. The summed E-state index contributed by atoms with van der Waals surface area (Å²) in [4.78, 5) is 40.3. The van der Waals surface area contributed by atoms with Crippen molar-refractivity contribution in [2.75, 3.05) is 24.6 Å². The summed E-state index contributed by atoms with van der Waals surface area (Å²) in [5.74, 6) is 0.521. The van der Waals surface area contributed by atoms with Crippen LogP contribution in [-0.4, -0.2) is 61.7 Å². The smallest absolute Gasteiger partial charge is 0.288 e. The summed E-state index contributed by atoms with van der Waals surface area (Å²) in [7, 11) is 0. The number of carbonyl (C=O) groups excluding carboxylic acids is 3. The van der Waals surface area contributed by atoms with E-state index in [0.29, 0.717) is 11.0 Å². The van der Waals surface area contributed by atoms with Gasteiger partial charge in [-0.25, -0.2) is 4.98 Å². The number of benzene rings is 1. The number of hydrogen-bond donors (Lipinski definition) is 2. The maximum absolute atomic E-state index is 11.9. The van der Waals surface area contributed by atoms with Crippen molar-refractivity contribution in [2.45, 2.75) is 5.16 Å². The SMILES string of the molecule is O=C(CSc1n[nH]c(-c2ccc(Br)cc2)n1)NCCN1C(=O)CSC1=O.